The Balaban J connectivity index is 1.75. The second kappa shape index (κ2) is 26.6. The maximum atomic E-state index is 14.4. The van der Waals surface area contributed by atoms with Crippen LogP contribution < -0.4 is 0 Å². The van der Waals surface area contributed by atoms with Gasteiger partial charge in [-0.25, -0.2) is 9.59 Å². The molecule has 1 aliphatic carbocycles. The van der Waals surface area contributed by atoms with E-state index in [9.17, 15) is 49.3 Å². The van der Waals surface area contributed by atoms with Crippen molar-refractivity contribution < 1.29 is 68.2 Å². The number of aliphatic hydroxyl groups is 3. The van der Waals surface area contributed by atoms with Crippen LogP contribution in [0, 0.1) is 35.5 Å². The molecule has 394 valence electrons. The predicted molar refractivity (Wildman–Crippen MR) is 261 cm³/mol. The number of carbonyl (C=O) groups excluding carboxylic acids is 6. The molecule has 17 heteroatoms. The number of cyclic esters (lactones) is 1. The SMILES string of the molecule is COC1C(=O)[C@H](C)C[C@H](C)/C=C/C=C/C=C(\C)C(N(O)C(=O)N(C)C)C[C@@H]2CC[C@@H](C)[C@@](O)(O2)C(=O)C(=O)N2CCCC[C@H]2C(=O)O[C@H]([C@H](C)C[C@@H]2CC[C@@H](O)[C@H](OC)C2)CC(=O)[C@H](C)/C=C(\C)[C@H]1O. The van der Waals surface area contributed by atoms with Gasteiger partial charge in [0, 0.05) is 65.5 Å². The van der Waals surface area contributed by atoms with E-state index in [1.54, 1.807) is 66.0 Å². The summed E-state index contributed by atoms with van der Waals surface area (Å²) >= 11 is 0. The van der Waals surface area contributed by atoms with Crippen LogP contribution in [0.25, 0.3) is 0 Å². The molecule has 15 atom stereocenters. The van der Waals surface area contributed by atoms with Gasteiger partial charge >= 0.3 is 12.0 Å². The lowest BCUT2D eigenvalue weighted by Crippen LogP contribution is -2.61. The summed E-state index contributed by atoms with van der Waals surface area (Å²) in [7, 11) is 5.88. The Labute approximate surface area is 415 Å². The number of hydrogen-bond acceptors (Lipinski definition) is 14. The molecule has 2 bridgehead atoms. The molecule has 3 amide bonds. The molecule has 0 aromatic rings. The van der Waals surface area contributed by atoms with Crippen LogP contribution in [0.1, 0.15) is 126 Å². The summed E-state index contributed by atoms with van der Waals surface area (Å²) in [6, 6.07) is -2.90. The minimum Gasteiger partial charge on any atom is -0.460 e. The zero-order valence-corrected chi connectivity index (χ0v) is 43.5. The number of piperidine rings is 1. The van der Waals surface area contributed by atoms with Crippen molar-refractivity contribution in [2.45, 2.75) is 180 Å². The van der Waals surface area contributed by atoms with Crippen LogP contribution in [0.3, 0.4) is 0 Å². The lowest BCUT2D eigenvalue weighted by atomic mass is 9.78. The summed E-state index contributed by atoms with van der Waals surface area (Å²) in [4.78, 5) is 86.6. The van der Waals surface area contributed by atoms with Crippen molar-refractivity contribution in [2.75, 3.05) is 34.9 Å². The summed E-state index contributed by atoms with van der Waals surface area (Å²) in [5, 5.41) is 45.9. The number of methoxy groups -OCH3 is 2. The van der Waals surface area contributed by atoms with Gasteiger partial charge in [-0.3, -0.25) is 24.4 Å². The molecular weight excluding hydrogens is 903 g/mol. The first-order valence-corrected chi connectivity index (χ1v) is 25.3. The van der Waals surface area contributed by atoms with Crippen molar-refractivity contribution >= 4 is 35.3 Å². The number of hydroxylamine groups is 2. The number of allylic oxidation sites excluding steroid dienone is 6. The van der Waals surface area contributed by atoms with Crippen LogP contribution in [0.5, 0.6) is 0 Å². The lowest BCUT2D eigenvalue weighted by Gasteiger charge is -2.43. The summed E-state index contributed by atoms with van der Waals surface area (Å²) in [5.74, 6) is -8.84. The van der Waals surface area contributed by atoms with E-state index in [0.717, 1.165) is 4.90 Å². The van der Waals surface area contributed by atoms with E-state index in [1.165, 1.54) is 26.1 Å². The van der Waals surface area contributed by atoms with E-state index in [1.807, 2.05) is 26.0 Å². The quantitative estimate of drug-likeness (QED) is 0.0798. The van der Waals surface area contributed by atoms with Crippen LogP contribution >= 0.6 is 0 Å². The first-order valence-electron chi connectivity index (χ1n) is 25.3. The average molecular weight is 986 g/mol. The highest BCUT2D eigenvalue weighted by Crippen LogP contribution is 2.38. The highest BCUT2D eigenvalue weighted by molar-refractivity contribution is 6.39. The summed E-state index contributed by atoms with van der Waals surface area (Å²) < 4.78 is 23.5. The zero-order chi connectivity index (χ0) is 52.2. The van der Waals surface area contributed by atoms with Gasteiger partial charge in [-0.15, -0.1) is 0 Å². The van der Waals surface area contributed by atoms with E-state index in [0.29, 0.717) is 67.6 Å². The maximum Gasteiger partial charge on any atom is 0.343 e. The fraction of sp³-hybridized carbons (Fsp3) is 0.736. The molecule has 3 fully saturated rings. The van der Waals surface area contributed by atoms with Gasteiger partial charge in [-0.05, 0) is 107 Å². The molecule has 4 aliphatic rings. The topological polar surface area (TPSA) is 230 Å². The summed E-state index contributed by atoms with van der Waals surface area (Å²) in [6.07, 6.45) is 9.42. The van der Waals surface area contributed by atoms with Crippen LogP contribution in [-0.2, 0) is 42.9 Å². The van der Waals surface area contributed by atoms with Crippen molar-refractivity contribution in [2.24, 2.45) is 35.5 Å². The second-order valence-electron chi connectivity index (χ2n) is 20.9. The second-order valence-corrected chi connectivity index (χ2v) is 20.9. The van der Waals surface area contributed by atoms with E-state index in [4.69, 9.17) is 18.9 Å². The molecule has 0 aromatic heterocycles. The molecule has 70 heavy (non-hydrogen) atoms. The molecule has 0 aromatic carbocycles. The zero-order valence-electron chi connectivity index (χ0n) is 43.5. The number of fused-ring (bicyclic) bond motifs is 3. The number of ketones is 3. The Morgan fingerprint density at radius 1 is 0.900 bits per heavy atom. The number of urea groups is 1. The fourth-order valence-electron chi connectivity index (χ4n) is 10.5. The molecule has 17 nitrogen and oxygen atoms in total. The number of amides is 3. The van der Waals surface area contributed by atoms with E-state index in [-0.39, 0.29) is 67.7 Å². The summed E-state index contributed by atoms with van der Waals surface area (Å²) in [6.45, 7) is 12.3. The number of esters is 1. The first kappa shape index (κ1) is 58.5. The van der Waals surface area contributed by atoms with Crippen molar-refractivity contribution in [1.29, 1.82) is 0 Å². The number of aliphatic hydroxyl groups excluding tert-OH is 2. The van der Waals surface area contributed by atoms with Crippen LogP contribution in [0.15, 0.2) is 47.6 Å². The van der Waals surface area contributed by atoms with Crippen LogP contribution in [-0.4, -0.2) is 160 Å². The third kappa shape index (κ3) is 15.0. The Kier molecular flexibility index (Phi) is 22.2. The first-order chi connectivity index (χ1) is 32.9. The molecule has 3 aliphatic heterocycles. The van der Waals surface area contributed by atoms with Gasteiger partial charge in [0.25, 0.3) is 11.7 Å². The molecule has 2 saturated heterocycles. The number of rotatable bonds is 6. The number of carbonyl (C=O) groups is 6. The van der Waals surface area contributed by atoms with Gasteiger partial charge in [0.15, 0.2) is 5.78 Å². The molecule has 1 saturated carbocycles. The van der Waals surface area contributed by atoms with Gasteiger partial charge in [-0.2, -0.15) is 5.06 Å². The van der Waals surface area contributed by atoms with Gasteiger partial charge in [0.2, 0.25) is 5.79 Å². The Bertz CT molecular complexity index is 1950. The van der Waals surface area contributed by atoms with Gasteiger partial charge < -0.3 is 44.1 Å². The molecule has 3 heterocycles. The normalized spacial score (nSPS) is 38.2. The highest BCUT2D eigenvalue weighted by atomic mass is 16.6. The molecule has 2 unspecified atom stereocenters. The minimum atomic E-state index is -2.60. The van der Waals surface area contributed by atoms with Gasteiger partial charge in [0.05, 0.1) is 24.4 Å². The van der Waals surface area contributed by atoms with Crippen LogP contribution in [0.2, 0.25) is 0 Å². The molecule has 4 N–H and O–H groups in total. The number of Topliss-reactive ketones (excluding diaryl/α,β-unsaturated/α-hetero) is 3. The van der Waals surface area contributed by atoms with E-state index >= 15 is 0 Å². The largest absolute Gasteiger partial charge is 0.460 e. The number of nitrogens with zero attached hydrogens (tertiary/aromatic N) is 3. The van der Waals surface area contributed by atoms with Crippen molar-refractivity contribution in [1.82, 2.24) is 14.9 Å². The van der Waals surface area contributed by atoms with Crippen molar-refractivity contribution in [3.05, 3.63) is 47.6 Å². The standard InChI is InChI=1S/C53H83N3O14/c1-31-17-13-12-14-18-32(2)41(56(66)52(64)54(8)9)29-39-22-20-37(7)53(65,70-39)49(61)50(62)55-24-16-15-19-40(55)51(63)69-44(34(4)27-38-21-23-42(57)45(28-38)67-10)30-43(58)33(3)26-36(6)47(60)48(68-11)46(59)35(5)25-31/h12-14,17-18,26,31,33-35,37-42,44-45,47-48,57,60,65-66H,15-16,19-25,27-30H2,1-11H3/b14-12+,17-13+,32-18+,36-26+/t31-,33-,34-,35-,37-,38+,39+,40+,41?,42-,44+,45-,47-,48?,53-/m1/s1. The fourth-order valence-corrected chi connectivity index (χ4v) is 10.5. The third-order valence-corrected chi connectivity index (χ3v) is 15.1. The van der Waals surface area contributed by atoms with Gasteiger partial charge in [-0.1, -0.05) is 71.1 Å². The van der Waals surface area contributed by atoms with E-state index in [2.05, 4.69) is 0 Å². The maximum absolute atomic E-state index is 14.4. The number of ether oxygens (including phenoxy) is 4. The molecular formula is C53H83N3O14. The molecule has 4 rings (SSSR count). The molecule has 0 spiro atoms. The lowest BCUT2D eigenvalue weighted by molar-refractivity contribution is -0.266. The molecule has 0 radical (unpaired) electrons. The smallest absolute Gasteiger partial charge is 0.343 e. The third-order valence-electron chi connectivity index (χ3n) is 15.1. The predicted octanol–water partition coefficient (Wildman–Crippen LogP) is 5.91. The van der Waals surface area contributed by atoms with Crippen molar-refractivity contribution in [3.63, 3.8) is 0 Å². The van der Waals surface area contributed by atoms with Crippen LogP contribution in [0.4, 0.5) is 4.79 Å². The van der Waals surface area contributed by atoms with E-state index < -0.39 is 89.8 Å². The number of hydrogen-bond donors (Lipinski definition) is 4. The summed E-state index contributed by atoms with van der Waals surface area (Å²) in [5.41, 5.74) is 0.907. The minimum absolute atomic E-state index is 0.0210. The van der Waals surface area contributed by atoms with Gasteiger partial charge in [0.1, 0.15) is 30.1 Å². The Morgan fingerprint density at radius 2 is 1.60 bits per heavy atom. The van der Waals surface area contributed by atoms with Crippen molar-refractivity contribution in [3.8, 4) is 0 Å². The average Bonchev–Trinajstić information content (AvgIpc) is 3.32. The Hall–Kier alpha value is -4.10. The monoisotopic (exact) mass is 986 g/mol. The Morgan fingerprint density at radius 3 is 2.26 bits per heavy atom. The highest BCUT2D eigenvalue weighted by Gasteiger charge is 2.53.